The number of carbonyl (C=O) groups excluding carboxylic acids is 14. The van der Waals surface area contributed by atoms with Crippen molar-refractivity contribution in [2.75, 3.05) is 50.8 Å². The van der Waals surface area contributed by atoms with Gasteiger partial charge in [-0.25, -0.2) is 0 Å². The molecule has 2 heterocycles. The van der Waals surface area contributed by atoms with Crippen LogP contribution in [-0.2, 0) is 84.8 Å². The molecule has 2 aliphatic rings. The van der Waals surface area contributed by atoms with Gasteiger partial charge in [0.2, 0.25) is 82.7 Å². The first-order valence-corrected chi connectivity index (χ1v) is 30.4. The molecule has 0 bridgehead atoms. The van der Waals surface area contributed by atoms with Crippen LogP contribution in [0, 0.1) is 0 Å². The van der Waals surface area contributed by atoms with Gasteiger partial charge in [0.1, 0.15) is 60.6 Å². The zero-order chi connectivity index (χ0) is 66.3. The van der Waals surface area contributed by atoms with E-state index in [9.17, 15) is 72.2 Å². The molecule has 2 aromatic rings. The molecule has 2 aromatic carbocycles. The van der Waals surface area contributed by atoms with Gasteiger partial charge >= 0.3 is 0 Å². The third kappa shape index (κ3) is 26.8. The molecule has 2 saturated heterocycles. The average Bonchev–Trinajstić information content (AvgIpc) is 3.03. The highest BCUT2D eigenvalue weighted by Crippen LogP contribution is 2.27. The summed E-state index contributed by atoms with van der Waals surface area (Å²) in [5.41, 5.74) is 34.1. The van der Waals surface area contributed by atoms with E-state index in [2.05, 4.69) is 42.5 Å². The van der Waals surface area contributed by atoms with E-state index in [0.717, 1.165) is 38.3 Å². The number of carboxylic acids is 1. The highest BCUT2D eigenvalue weighted by molar-refractivity contribution is 8.76. The maximum atomic E-state index is 14.9. The quantitative estimate of drug-likeness (QED) is 0.0324. The summed E-state index contributed by atoms with van der Waals surface area (Å²) in [6.45, 7) is -1.28. The van der Waals surface area contributed by atoms with Gasteiger partial charge in [0.15, 0.2) is 0 Å². The summed E-state index contributed by atoms with van der Waals surface area (Å²) in [5, 5.41) is 37.1. The Hall–Kier alpha value is -9.09. The summed E-state index contributed by atoms with van der Waals surface area (Å²) in [7, 11) is 1.69. The number of phenolic OH excluding ortho intramolecular Hbond substituents is 1. The van der Waals surface area contributed by atoms with E-state index >= 15 is 0 Å². The molecule has 0 saturated carbocycles. The molecule has 488 valence electrons. The molecule has 22 N–H and O–H groups in total. The van der Waals surface area contributed by atoms with Crippen molar-refractivity contribution in [1.29, 1.82) is 0 Å². The van der Waals surface area contributed by atoms with Crippen LogP contribution >= 0.6 is 21.6 Å². The van der Waals surface area contributed by atoms with Gasteiger partial charge in [-0.1, -0.05) is 64.1 Å². The zero-order valence-electron chi connectivity index (χ0n) is 48.7. The number of amides is 14. The van der Waals surface area contributed by atoms with Crippen molar-refractivity contribution in [2.45, 2.75) is 119 Å². The zero-order valence-corrected chi connectivity index (χ0v) is 50.4. The molecule has 8 atom stereocenters. The second kappa shape index (κ2) is 38.2. The van der Waals surface area contributed by atoms with Crippen LogP contribution in [0.3, 0.4) is 0 Å². The fourth-order valence-corrected chi connectivity index (χ4v) is 11.2. The predicted octanol–water partition coefficient (Wildman–Crippen LogP) is -6.81. The van der Waals surface area contributed by atoms with E-state index in [0.29, 0.717) is 24.0 Å². The molecule has 33 nitrogen and oxygen atoms in total. The third-order valence-corrected chi connectivity index (χ3v) is 15.7. The van der Waals surface area contributed by atoms with Crippen LogP contribution < -0.4 is 76.9 Å². The van der Waals surface area contributed by atoms with E-state index in [4.69, 9.17) is 44.3 Å². The number of hydrogen-bond acceptors (Lipinski definition) is 20. The summed E-state index contributed by atoms with van der Waals surface area (Å²) >= 11 is 0. The molecule has 0 aliphatic carbocycles. The Morgan fingerprint density at radius 3 is 1.78 bits per heavy atom. The smallest absolute Gasteiger partial charge is 0.300 e. The van der Waals surface area contributed by atoms with E-state index in [1.165, 1.54) is 24.3 Å². The molecule has 4 rings (SSSR count). The van der Waals surface area contributed by atoms with Crippen molar-refractivity contribution in [3.63, 3.8) is 0 Å². The van der Waals surface area contributed by atoms with Crippen LogP contribution in [0.1, 0.15) is 69.4 Å². The second-order valence-corrected chi connectivity index (χ2v) is 22.9. The Balaban J connectivity index is 0.00000501. The largest absolute Gasteiger partial charge is 0.508 e. The summed E-state index contributed by atoms with van der Waals surface area (Å²) in [6.07, 6.45) is -1.55. The minimum absolute atomic E-state index is 0.00725. The van der Waals surface area contributed by atoms with Crippen molar-refractivity contribution in [2.24, 2.45) is 34.4 Å². The summed E-state index contributed by atoms with van der Waals surface area (Å²) in [5.74, 6) is -15.4. The van der Waals surface area contributed by atoms with Gasteiger partial charge in [0.25, 0.3) is 5.97 Å². The number of carboxylic acid groups (broad SMARTS) is 1. The number of nitrogens with zero attached hydrogens (tertiary/aromatic N) is 2. The van der Waals surface area contributed by atoms with Crippen LogP contribution in [0.4, 0.5) is 0 Å². The molecule has 4 unspecified atom stereocenters. The molecular formula is C54H78N16O17S2. The number of carbonyl (C=O) groups is 15. The Kier molecular flexibility index (Phi) is 31.9. The lowest BCUT2D eigenvalue weighted by Crippen LogP contribution is -2.61. The fourth-order valence-electron chi connectivity index (χ4n) is 8.91. The number of aliphatic carboxylic acids is 1. The first kappa shape index (κ1) is 74.2. The lowest BCUT2D eigenvalue weighted by atomic mass is 10.0. The van der Waals surface area contributed by atoms with Crippen LogP contribution in [0.25, 0.3) is 0 Å². The first-order chi connectivity index (χ1) is 42.1. The van der Waals surface area contributed by atoms with Crippen LogP contribution in [0.2, 0.25) is 0 Å². The van der Waals surface area contributed by atoms with Crippen LogP contribution in [-0.4, -0.2) is 208 Å². The van der Waals surface area contributed by atoms with Gasteiger partial charge in [0, 0.05) is 44.2 Å². The van der Waals surface area contributed by atoms with Crippen molar-refractivity contribution in [1.82, 2.24) is 52.3 Å². The molecule has 0 spiro atoms. The van der Waals surface area contributed by atoms with Crippen LogP contribution in [0.15, 0.2) is 54.6 Å². The fraction of sp³-hybridized carbons (Fsp3) is 0.500. The monoisotopic (exact) mass is 1290 g/mol. The molecule has 35 heteroatoms. The standard InChI is InChI=1S/C52H74N16O15S2.C2H4O2/c53-17-5-4-9-37(45(58)76)68(25-41(57)72)52(83)38-10-6-18-67(38)51(82)36-27-85-84-26-35(61-44(75)24-60-43(74)23-59-42(73)22-54)50(81)64-33(20-29-11-13-30(69)14-12-29)48(79)63-32(19-28-7-2-1-3-8-28)47(78)62-31(15-16-39(55)70)46(77)65-34(21-40(56)71)49(80)66-36;1-2(3)4/h1-3,7-8,11-14,31-38,69H,4-6,9-10,15-27,53-54H2,(H2,55,70)(H2,56,71)(H2,57,72)(H2,58,76)(H,59,73)(H,60,74)(H,61,75)(H,62,78)(H,63,79)(H,64,81)(H,65,77)(H,66,80);1H3,(H,3,4)/t31?,32-,33?,34-,35?,36?,37-,38-;/m0./s1. The van der Waals surface area contributed by atoms with Gasteiger partial charge in [0.05, 0.1) is 26.1 Å². The van der Waals surface area contributed by atoms with Gasteiger partial charge < -0.3 is 96.9 Å². The summed E-state index contributed by atoms with van der Waals surface area (Å²) in [6, 6.07) is 1.01. The van der Waals surface area contributed by atoms with Crippen molar-refractivity contribution >= 4 is 110 Å². The van der Waals surface area contributed by atoms with Crippen molar-refractivity contribution in [3.8, 4) is 5.75 Å². The number of nitrogens with one attached hydrogen (secondary N) is 8. The summed E-state index contributed by atoms with van der Waals surface area (Å²) < 4.78 is 0. The number of aromatic hydroxyl groups is 1. The number of benzene rings is 2. The Morgan fingerprint density at radius 2 is 1.20 bits per heavy atom. The topological polar surface area (TPSA) is 555 Å². The first-order valence-electron chi connectivity index (χ1n) is 27.9. The van der Waals surface area contributed by atoms with Gasteiger partial charge in [-0.05, 0) is 68.3 Å². The number of primary amides is 4. The van der Waals surface area contributed by atoms with Gasteiger partial charge in [-0.15, -0.1) is 0 Å². The van der Waals surface area contributed by atoms with Gasteiger partial charge in [-0.3, -0.25) is 71.9 Å². The molecule has 14 amide bonds. The number of unbranched alkanes of at least 4 members (excludes halogenated alkanes) is 1. The number of nitrogens with two attached hydrogens (primary N) is 6. The Morgan fingerprint density at radius 1 is 0.663 bits per heavy atom. The van der Waals surface area contributed by atoms with Crippen molar-refractivity contribution < 1.29 is 82.1 Å². The molecule has 0 aromatic heterocycles. The minimum atomic E-state index is -1.90. The molecule has 2 aliphatic heterocycles. The SMILES string of the molecule is CC(=O)O.NCCCC[C@@H](C(N)=O)N(CC(N)=O)C(=O)[C@@H]1CCCN1C(=O)C1CSSCC(NC(=O)CNC(=O)CNC(=O)CN)C(=O)NC(Cc2ccc(O)cc2)C(=O)N[C@@H](Cc2ccccc2)C(=O)NC(CCC(N)=O)C(=O)N[C@@H](CC(N)=O)C(=O)N1. The maximum Gasteiger partial charge on any atom is 0.300 e. The van der Waals surface area contributed by atoms with Crippen LogP contribution in [0.5, 0.6) is 5.75 Å². The number of hydrogen-bond donors (Lipinski definition) is 16. The third-order valence-electron chi connectivity index (χ3n) is 13.2. The highest BCUT2D eigenvalue weighted by atomic mass is 33.1. The molecule has 2 fully saturated rings. The number of rotatable bonds is 25. The van der Waals surface area contributed by atoms with Gasteiger partial charge in [-0.2, -0.15) is 0 Å². The molecule has 89 heavy (non-hydrogen) atoms. The second-order valence-electron chi connectivity index (χ2n) is 20.3. The molecule has 0 radical (unpaired) electrons. The average molecular weight is 1290 g/mol. The molecular weight excluding hydrogens is 1210 g/mol. The Bertz CT molecular complexity index is 2850. The van der Waals surface area contributed by atoms with E-state index in [1.807, 2.05) is 0 Å². The summed E-state index contributed by atoms with van der Waals surface area (Å²) in [4.78, 5) is 201. The van der Waals surface area contributed by atoms with E-state index in [1.54, 1.807) is 30.3 Å². The highest BCUT2D eigenvalue weighted by Gasteiger charge is 2.43. The lowest BCUT2D eigenvalue weighted by Gasteiger charge is -2.35. The van der Waals surface area contributed by atoms with Crippen molar-refractivity contribution in [3.05, 3.63) is 65.7 Å². The predicted molar refractivity (Wildman–Crippen MR) is 321 cm³/mol. The van der Waals surface area contributed by atoms with E-state index < -0.39 is 188 Å². The Labute approximate surface area is 518 Å². The van der Waals surface area contributed by atoms with E-state index in [-0.39, 0.29) is 56.7 Å². The number of phenols is 1. The number of likely N-dealkylation sites (tertiary alicyclic amines) is 1. The maximum absolute atomic E-state index is 14.9. The minimum Gasteiger partial charge on any atom is -0.508 e. The normalized spacial score (nSPS) is 20.6. The lowest BCUT2D eigenvalue weighted by molar-refractivity contribution is -0.150.